The van der Waals surface area contributed by atoms with Gasteiger partial charge in [-0.25, -0.2) is 19.7 Å². The number of hydrogen-bond acceptors (Lipinski definition) is 7. The fourth-order valence-corrected chi connectivity index (χ4v) is 4.16. The summed E-state index contributed by atoms with van der Waals surface area (Å²) in [7, 11) is 1.76. The number of aryl methyl sites for hydroxylation is 2. The molecule has 140 valence electrons. The Hall–Kier alpha value is -2.88. The topological polar surface area (TPSA) is 113 Å². The van der Waals surface area contributed by atoms with E-state index in [1.54, 1.807) is 41.9 Å². The lowest BCUT2D eigenvalue weighted by molar-refractivity contribution is 0.206. The summed E-state index contributed by atoms with van der Waals surface area (Å²) >= 11 is 1.72. The van der Waals surface area contributed by atoms with Crippen LogP contribution >= 0.6 is 11.3 Å². The van der Waals surface area contributed by atoms with Crippen LogP contribution in [0.25, 0.3) is 11.5 Å². The van der Waals surface area contributed by atoms with Crippen LogP contribution in [0.3, 0.4) is 0 Å². The van der Waals surface area contributed by atoms with E-state index in [0.717, 1.165) is 17.8 Å². The third-order valence-corrected chi connectivity index (χ3v) is 5.48. The SMILES string of the molecule is CN(Cc1nc2c(s1)CCCC2)C(=O)NCc1nc(-c2cnccn2)n[nH]1. The summed E-state index contributed by atoms with van der Waals surface area (Å²) < 4.78 is 0. The molecule has 0 bridgehead atoms. The number of thiazole rings is 1. The first-order valence-electron chi connectivity index (χ1n) is 8.83. The van der Waals surface area contributed by atoms with Gasteiger partial charge < -0.3 is 10.2 Å². The zero-order chi connectivity index (χ0) is 18.6. The molecule has 10 heteroatoms. The van der Waals surface area contributed by atoms with Crippen LogP contribution in [-0.2, 0) is 25.9 Å². The highest BCUT2D eigenvalue weighted by Crippen LogP contribution is 2.27. The number of urea groups is 1. The molecule has 0 spiro atoms. The Bertz CT molecular complexity index is 899. The van der Waals surface area contributed by atoms with Crippen LogP contribution in [0.2, 0.25) is 0 Å². The Morgan fingerprint density at radius 1 is 1.30 bits per heavy atom. The molecule has 2 amide bonds. The van der Waals surface area contributed by atoms with Crippen molar-refractivity contribution in [1.29, 1.82) is 0 Å². The lowest BCUT2D eigenvalue weighted by Gasteiger charge is -2.15. The molecule has 3 aromatic heterocycles. The van der Waals surface area contributed by atoms with E-state index in [9.17, 15) is 4.79 Å². The number of nitrogens with one attached hydrogen (secondary N) is 2. The maximum absolute atomic E-state index is 12.3. The quantitative estimate of drug-likeness (QED) is 0.695. The molecule has 27 heavy (non-hydrogen) atoms. The molecule has 2 N–H and O–H groups in total. The van der Waals surface area contributed by atoms with Crippen molar-refractivity contribution in [2.45, 2.75) is 38.8 Å². The fraction of sp³-hybridized carbons (Fsp3) is 0.412. The number of carbonyl (C=O) groups is 1. The van der Waals surface area contributed by atoms with Crippen molar-refractivity contribution in [3.05, 3.63) is 40.0 Å². The van der Waals surface area contributed by atoms with Crippen molar-refractivity contribution >= 4 is 17.4 Å². The van der Waals surface area contributed by atoms with Crippen molar-refractivity contribution < 1.29 is 4.79 Å². The molecule has 4 rings (SSSR count). The van der Waals surface area contributed by atoms with Gasteiger partial charge in [0.15, 0.2) is 0 Å². The Morgan fingerprint density at radius 2 is 2.19 bits per heavy atom. The maximum atomic E-state index is 12.3. The minimum absolute atomic E-state index is 0.180. The molecule has 0 atom stereocenters. The molecule has 9 nitrogen and oxygen atoms in total. The molecular weight excluding hydrogens is 364 g/mol. The van der Waals surface area contributed by atoms with Gasteiger partial charge in [-0.05, 0) is 25.7 Å². The minimum Gasteiger partial charge on any atom is -0.331 e. The molecule has 1 aliphatic rings. The standard InChI is InChI=1S/C17H20N8OS/c1-25(10-15-21-11-4-2-3-5-13(11)27-15)17(26)20-9-14-22-16(24-23-14)12-8-18-6-7-19-12/h6-8H,2-5,9-10H2,1H3,(H,20,26)(H,22,23,24). The first-order valence-corrected chi connectivity index (χ1v) is 9.65. The summed E-state index contributed by atoms with van der Waals surface area (Å²) in [6.45, 7) is 0.759. The number of amides is 2. The molecule has 0 radical (unpaired) electrons. The van der Waals surface area contributed by atoms with Crippen molar-refractivity contribution in [2.24, 2.45) is 0 Å². The largest absolute Gasteiger partial charge is 0.331 e. The first kappa shape index (κ1) is 17.5. The van der Waals surface area contributed by atoms with Crippen LogP contribution in [0.1, 0.15) is 34.2 Å². The van der Waals surface area contributed by atoms with Crippen LogP contribution in [0.5, 0.6) is 0 Å². The summed E-state index contributed by atoms with van der Waals surface area (Å²) in [6, 6.07) is -0.180. The average molecular weight is 384 g/mol. The number of aromatic amines is 1. The third kappa shape index (κ3) is 4.11. The van der Waals surface area contributed by atoms with Gasteiger partial charge in [-0.3, -0.25) is 10.1 Å². The molecule has 0 fully saturated rings. The number of fused-ring (bicyclic) bond motifs is 1. The van der Waals surface area contributed by atoms with Crippen molar-refractivity contribution in [2.75, 3.05) is 7.05 Å². The van der Waals surface area contributed by atoms with Crippen molar-refractivity contribution in [3.8, 4) is 11.5 Å². The second-order valence-corrected chi connectivity index (χ2v) is 7.56. The molecule has 0 saturated heterocycles. The average Bonchev–Trinajstić information content (AvgIpc) is 3.33. The number of H-pyrrole nitrogens is 1. The molecule has 0 unspecified atom stereocenters. The highest BCUT2D eigenvalue weighted by Gasteiger charge is 2.18. The second kappa shape index (κ2) is 7.78. The number of nitrogens with zero attached hydrogens (tertiary/aromatic N) is 6. The zero-order valence-electron chi connectivity index (χ0n) is 15.0. The fourth-order valence-electron chi connectivity index (χ4n) is 2.95. The van der Waals surface area contributed by atoms with E-state index in [0.29, 0.717) is 23.9 Å². The van der Waals surface area contributed by atoms with E-state index in [-0.39, 0.29) is 12.6 Å². The van der Waals surface area contributed by atoms with Gasteiger partial charge in [0.05, 0.1) is 25.0 Å². The van der Waals surface area contributed by atoms with Crippen LogP contribution in [0, 0.1) is 0 Å². The van der Waals surface area contributed by atoms with Crippen molar-refractivity contribution in [3.63, 3.8) is 0 Å². The van der Waals surface area contributed by atoms with Gasteiger partial charge in [0, 0.05) is 24.3 Å². The van der Waals surface area contributed by atoms with Gasteiger partial charge in [-0.1, -0.05) is 0 Å². The highest BCUT2D eigenvalue weighted by molar-refractivity contribution is 7.11. The lowest BCUT2D eigenvalue weighted by atomic mass is 10.0. The molecule has 3 heterocycles. The van der Waals surface area contributed by atoms with E-state index >= 15 is 0 Å². The smallest absolute Gasteiger partial charge is 0.317 e. The van der Waals surface area contributed by atoms with Gasteiger partial charge in [0.2, 0.25) is 5.82 Å². The van der Waals surface area contributed by atoms with E-state index < -0.39 is 0 Å². The summed E-state index contributed by atoms with van der Waals surface area (Å²) in [5.74, 6) is 1.01. The van der Waals surface area contributed by atoms with Crippen LogP contribution in [-0.4, -0.2) is 48.1 Å². The van der Waals surface area contributed by atoms with E-state index in [2.05, 4.69) is 35.5 Å². The second-order valence-electron chi connectivity index (χ2n) is 6.40. The van der Waals surface area contributed by atoms with E-state index in [1.165, 1.54) is 23.4 Å². The monoisotopic (exact) mass is 384 g/mol. The van der Waals surface area contributed by atoms with Crippen molar-refractivity contribution in [1.82, 2.24) is 40.3 Å². The van der Waals surface area contributed by atoms with Gasteiger partial charge in [0.25, 0.3) is 0 Å². The summed E-state index contributed by atoms with van der Waals surface area (Å²) in [6.07, 6.45) is 9.38. The Morgan fingerprint density at radius 3 is 3.00 bits per heavy atom. The third-order valence-electron chi connectivity index (χ3n) is 4.34. The molecule has 0 aromatic carbocycles. The van der Waals surface area contributed by atoms with Gasteiger partial charge in [0.1, 0.15) is 16.5 Å². The Balaban J connectivity index is 1.31. The first-order chi connectivity index (χ1) is 13.2. The van der Waals surface area contributed by atoms with Crippen LogP contribution in [0.15, 0.2) is 18.6 Å². The van der Waals surface area contributed by atoms with Gasteiger partial charge in [-0.15, -0.1) is 11.3 Å². The molecule has 3 aromatic rings. The molecular formula is C17H20N8OS. The number of aromatic nitrogens is 6. The van der Waals surface area contributed by atoms with E-state index in [4.69, 9.17) is 0 Å². The number of rotatable bonds is 5. The summed E-state index contributed by atoms with van der Waals surface area (Å²) in [5, 5.41) is 10.7. The normalized spacial score (nSPS) is 13.2. The Kier molecular flexibility index (Phi) is 5.05. The predicted molar refractivity (Wildman–Crippen MR) is 99.9 cm³/mol. The van der Waals surface area contributed by atoms with E-state index in [1.807, 2.05) is 0 Å². The van der Waals surface area contributed by atoms with Crippen LogP contribution in [0.4, 0.5) is 4.79 Å². The molecule has 0 saturated carbocycles. The minimum atomic E-state index is -0.180. The number of hydrogen-bond donors (Lipinski definition) is 2. The summed E-state index contributed by atoms with van der Waals surface area (Å²) in [4.78, 5) is 32.5. The maximum Gasteiger partial charge on any atom is 0.317 e. The van der Waals surface area contributed by atoms with Gasteiger partial charge in [-0.2, -0.15) is 5.10 Å². The summed E-state index contributed by atoms with van der Waals surface area (Å²) in [5.41, 5.74) is 1.80. The van der Waals surface area contributed by atoms with Gasteiger partial charge >= 0.3 is 6.03 Å². The number of carbonyl (C=O) groups excluding carboxylic acids is 1. The van der Waals surface area contributed by atoms with Crippen LogP contribution < -0.4 is 5.32 Å². The highest BCUT2D eigenvalue weighted by atomic mass is 32.1. The lowest BCUT2D eigenvalue weighted by Crippen LogP contribution is -2.36. The molecule has 1 aliphatic carbocycles. The predicted octanol–water partition coefficient (Wildman–Crippen LogP) is 1.94. The molecule has 0 aliphatic heterocycles. The Labute approximate surface area is 160 Å². The zero-order valence-corrected chi connectivity index (χ0v) is 15.8.